The van der Waals surface area contributed by atoms with Gasteiger partial charge < -0.3 is 9.80 Å². The monoisotopic (exact) mass is 404 g/mol. The Kier molecular flexibility index (Phi) is 5.78. The first-order valence-corrected chi connectivity index (χ1v) is 9.62. The van der Waals surface area contributed by atoms with E-state index in [-0.39, 0.29) is 24.3 Å². The minimum absolute atomic E-state index is 0.0123. The smallest absolute Gasteiger partial charge is 0.253 e. The number of carbonyl (C=O) groups excluding carboxylic acids is 2. The Morgan fingerprint density at radius 2 is 1.74 bits per heavy atom. The molecule has 3 rings (SSSR count). The van der Waals surface area contributed by atoms with Crippen LogP contribution in [-0.2, 0) is 17.6 Å². The summed E-state index contributed by atoms with van der Waals surface area (Å²) in [7, 11) is 3.49. The molecule has 0 aliphatic carbocycles. The molecule has 0 bridgehead atoms. The van der Waals surface area contributed by atoms with E-state index in [1.807, 2.05) is 30.0 Å². The van der Waals surface area contributed by atoms with Gasteiger partial charge in [0.1, 0.15) is 0 Å². The topological polar surface area (TPSA) is 40.6 Å². The molecule has 1 aliphatic rings. The zero-order chi connectivity index (χ0) is 19.7. The summed E-state index contributed by atoms with van der Waals surface area (Å²) in [5, 5.41) is 1.000. The van der Waals surface area contributed by atoms with Crippen LogP contribution >= 0.6 is 23.2 Å². The van der Waals surface area contributed by atoms with E-state index in [0.717, 1.165) is 11.1 Å². The maximum atomic E-state index is 13.0. The molecule has 2 aromatic rings. The van der Waals surface area contributed by atoms with Crippen molar-refractivity contribution in [1.29, 1.82) is 0 Å². The number of nitrogens with zero attached hydrogens (tertiary/aromatic N) is 2. The fraction of sp³-hybridized carbons (Fsp3) is 0.333. The Morgan fingerprint density at radius 1 is 1.11 bits per heavy atom. The molecular weight excluding hydrogens is 383 g/mol. The molecule has 1 aliphatic heterocycles. The first-order valence-electron chi connectivity index (χ1n) is 8.87. The van der Waals surface area contributed by atoms with Gasteiger partial charge in [-0.3, -0.25) is 9.59 Å². The number of amides is 2. The highest BCUT2D eigenvalue weighted by Gasteiger charge is 2.30. The van der Waals surface area contributed by atoms with Crippen molar-refractivity contribution in [3.8, 4) is 0 Å². The molecule has 1 heterocycles. The fourth-order valence-electron chi connectivity index (χ4n) is 3.60. The Morgan fingerprint density at radius 3 is 2.37 bits per heavy atom. The fourth-order valence-corrected chi connectivity index (χ4v) is 4.14. The molecule has 0 saturated carbocycles. The molecule has 0 radical (unpaired) electrons. The first-order chi connectivity index (χ1) is 12.8. The van der Waals surface area contributed by atoms with Crippen LogP contribution in [0.15, 0.2) is 36.4 Å². The molecule has 2 aromatic carbocycles. The largest absolute Gasteiger partial charge is 0.345 e. The molecule has 0 fully saturated rings. The third-order valence-electron chi connectivity index (χ3n) is 5.08. The number of halogens is 2. The molecule has 27 heavy (non-hydrogen) atoms. The molecule has 0 unspecified atom stereocenters. The van der Waals surface area contributed by atoms with Crippen LogP contribution in [0.1, 0.15) is 40.0 Å². The van der Waals surface area contributed by atoms with Gasteiger partial charge >= 0.3 is 0 Å². The van der Waals surface area contributed by atoms with E-state index in [9.17, 15) is 9.59 Å². The number of carbonyl (C=O) groups is 2. The molecule has 0 aromatic heterocycles. The molecule has 6 heteroatoms. The van der Waals surface area contributed by atoms with Crippen LogP contribution in [0.25, 0.3) is 0 Å². The second kappa shape index (κ2) is 7.91. The zero-order valence-electron chi connectivity index (χ0n) is 15.6. The number of benzene rings is 2. The lowest BCUT2D eigenvalue weighted by Gasteiger charge is -2.36. The highest BCUT2D eigenvalue weighted by Crippen LogP contribution is 2.33. The first kappa shape index (κ1) is 19.7. The minimum Gasteiger partial charge on any atom is -0.345 e. The van der Waals surface area contributed by atoms with Gasteiger partial charge in [-0.25, -0.2) is 0 Å². The van der Waals surface area contributed by atoms with Crippen molar-refractivity contribution < 1.29 is 9.59 Å². The van der Waals surface area contributed by atoms with Crippen LogP contribution in [-0.4, -0.2) is 42.3 Å². The Bertz CT molecular complexity index is 875. The zero-order valence-corrected chi connectivity index (χ0v) is 17.1. The standard InChI is InChI=1S/C21H22Cl2N2O2/c1-13-14-6-4-7-16(21(27)24(2)3)15(14)10-11-25(13)20(26)12-17-18(22)8-5-9-19(17)23/h4-9,13H,10-12H2,1-3H3/t13-/m0/s1. The number of hydrogen-bond donors (Lipinski definition) is 0. The van der Waals surface area contributed by atoms with E-state index in [0.29, 0.717) is 34.1 Å². The molecule has 0 N–H and O–H groups in total. The molecule has 4 nitrogen and oxygen atoms in total. The van der Waals surface area contributed by atoms with Gasteiger partial charge in [-0.15, -0.1) is 0 Å². The lowest BCUT2D eigenvalue weighted by atomic mass is 9.89. The predicted octanol–water partition coefficient (Wildman–Crippen LogP) is 4.38. The van der Waals surface area contributed by atoms with Gasteiger partial charge in [-0.2, -0.15) is 0 Å². The number of hydrogen-bond acceptors (Lipinski definition) is 2. The van der Waals surface area contributed by atoms with Crippen molar-refractivity contribution >= 4 is 35.0 Å². The summed E-state index contributed by atoms with van der Waals surface area (Å²) < 4.78 is 0. The molecule has 0 saturated heterocycles. The van der Waals surface area contributed by atoms with Gasteiger partial charge in [0.05, 0.1) is 12.5 Å². The molecule has 2 amide bonds. The SMILES string of the molecule is C[C@H]1c2cccc(C(=O)N(C)C)c2CCN1C(=O)Cc1c(Cl)cccc1Cl. The minimum atomic E-state index is -0.113. The average Bonchev–Trinajstić information content (AvgIpc) is 2.64. The van der Waals surface area contributed by atoms with Crippen molar-refractivity contribution in [3.05, 3.63) is 68.7 Å². The Hall–Kier alpha value is -2.04. The normalized spacial score (nSPS) is 16.0. The molecule has 0 spiro atoms. The summed E-state index contributed by atoms with van der Waals surface area (Å²) in [5.41, 5.74) is 3.42. The third kappa shape index (κ3) is 3.83. The highest BCUT2D eigenvalue weighted by molar-refractivity contribution is 6.36. The van der Waals surface area contributed by atoms with Gasteiger partial charge in [0.2, 0.25) is 5.91 Å². The van der Waals surface area contributed by atoms with E-state index < -0.39 is 0 Å². The van der Waals surface area contributed by atoms with Crippen molar-refractivity contribution in [2.75, 3.05) is 20.6 Å². The summed E-state index contributed by atoms with van der Waals surface area (Å²) in [4.78, 5) is 28.8. The van der Waals surface area contributed by atoms with Crippen molar-refractivity contribution in [2.45, 2.75) is 25.8 Å². The van der Waals surface area contributed by atoms with Crippen molar-refractivity contribution in [3.63, 3.8) is 0 Å². The highest BCUT2D eigenvalue weighted by atomic mass is 35.5. The van der Waals surface area contributed by atoms with E-state index >= 15 is 0 Å². The van der Waals surface area contributed by atoms with Crippen LogP contribution in [0.4, 0.5) is 0 Å². The summed E-state index contributed by atoms with van der Waals surface area (Å²) in [6, 6.07) is 10.9. The maximum Gasteiger partial charge on any atom is 0.253 e. The van der Waals surface area contributed by atoms with Crippen molar-refractivity contribution in [1.82, 2.24) is 9.80 Å². The number of fused-ring (bicyclic) bond motifs is 1. The second-order valence-electron chi connectivity index (χ2n) is 6.96. The van der Waals surface area contributed by atoms with Gasteiger partial charge in [0.25, 0.3) is 5.91 Å². The summed E-state index contributed by atoms with van der Waals surface area (Å²) >= 11 is 12.4. The van der Waals surface area contributed by atoms with Gasteiger partial charge in [0, 0.05) is 36.2 Å². The third-order valence-corrected chi connectivity index (χ3v) is 5.79. The van der Waals surface area contributed by atoms with Crippen LogP contribution < -0.4 is 0 Å². The maximum absolute atomic E-state index is 13.0. The van der Waals surface area contributed by atoms with Crippen molar-refractivity contribution in [2.24, 2.45) is 0 Å². The number of rotatable bonds is 3. The molecular formula is C21H22Cl2N2O2. The van der Waals surface area contributed by atoms with E-state index in [4.69, 9.17) is 23.2 Å². The second-order valence-corrected chi connectivity index (χ2v) is 7.78. The summed E-state index contributed by atoms with van der Waals surface area (Å²) in [6.45, 7) is 2.56. The molecule has 142 valence electrons. The quantitative estimate of drug-likeness (QED) is 0.760. The van der Waals surface area contributed by atoms with Crippen LogP contribution in [0.2, 0.25) is 10.0 Å². The summed E-state index contributed by atoms with van der Waals surface area (Å²) in [5.74, 6) is -0.0332. The molecule has 1 atom stereocenters. The van der Waals surface area contributed by atoms with Crippen LogP contribution in [0.3, 0.4) is 0 Å². The Labute approximate surface area is 169 Å². The van der Waals surface area contributed by atoms with E-state index in [1.165, 1.54) is 0 Å². The van der Waals surface area contributed by atoms with Gasteiger partial charge in [0.15, 0.2) is 0 Å². The van der Waals surface area contributed by atoms with E-state index in [1.54, 1.807) is 37.2 Å². The predicted molar refractivity (Wildman–Crippen MR) is 108 cm³/mol. The Balaban J connectivity index is 1.87. The average molecular weight is 405 g/mol. The van der Waals surface area contributed by atoms with E-state index in [2.05, 4.69) is 0 Å². The van der Waals surface area contributed by atoms with Crippen LogP contribution in [0, 0.1) is 0 Å². The van der Waals surface area contributed by atoms with Crippen LogP contribution in [0.5, 0.6) is 0 Å². The van der Waals surface area contributed by atoms with Gasteiger partial charge in [-0.05, 0) is 48.2 Å². The van der Waals surface area contributed by atoms with Gasteiger partial charge in [-0.1, -0.05) is 41.4 Å². The summed E-state index contributed by atoms with van der Waals surface area (Å²) in [6.07, 6.45) is 0.811. The lowest BCUT2D eigenvalue weighted by Crippen LogP contribution is -2.40. The lowest BCUT2D eigenvalue weighted by molar-refractivity contribution is -0.133.